The first-order chi connectivity index (χ1) is 10.1. The molecule has 2 aromatic rings. The standard InChI is InChI=1S/C15H12N4O2/c1-2-18-9-13(8-17)14(20)19(15(18)21)10-12-6-4-3-5-11(12)7-16/h3-6,9H,2,10H2,1H3. The highest BCUT2D eigenvalue weighted by molar-refractivity contribution is 5.37. The van der Waals surface area contributed by atoms with E-state index in [1.165, 1.54) is 10.8 Å². The summed E-state index contributed by atoms with van der Waals surface area (Å²) in [7, 11) is 0. The largest absolute Gasteiger partial charge is 0.331 e. The van der Waals surface area contributed by atoms with Gasteiger partial charge >= 0.3 is 5.69 Å². The van der Waals surface area contributed by atoms with Crippen LogP contribution in [0.15, 0.2) is 40.1 Å². The molecule has 6 nitrogen and oxygen atoms in total. The summed E-state index contributed by atoms with van der Waals surface area (Å²) in [4.78, 5) is 24.4. The molecule has 1 aromatic heterocycles. The second-order valence-electron chi connectivity index (χ2n) is 4.38. The van der Waals surface area contributed by atoms with E-state index in [-0.39, 0.29) is 12.1 Å². The zero-order valence-electron chi connectivity index (χ0n) is 11.4. The van der Waals surface area contributed by atoms with Crippen LogP contribution in [0.1, 0.15) is 23.6 Å². The van der Waals surface area contributed by atoms with Gasteiger partial charge in [-0.25, -0.2) is 4.79 Å². The average Bonchev–Trinajstić information content (AvgIpc) is 2.52. The van der Waals surface area contributed by atoms with E-state index < -0.39 is 11.2 Å². The molecule has 104 valence electrons. The highest BCUT2D eigenvalue weighted by Crippen LogP contribution is 2.07. The molecule has 0 aliphatic rings. The van der Waals surface area contributed by atoms with Crippen LogP contribution < -0.4 is 11.2 Å². The highest BCUT2D eigenvalue weighted by Gasteiger charge is 2.12. The van der Waals surface area contributed by atoms with Crippen LogP contribution in [0.5, 0.6) is 0 Å². The van der Waals surface area contributed by atoms with Crippen LogP contribution in [-0.2, 0) is 13.1 Å². The summed E-state index contributed by atoms with van der Waals surface area (Å²) in [6, 6.07) is 10.6. The monoisotopic (exact) mass is 280 g/mol. The summed E-state index contributed by atoms with van der Waals surface area (Å²) in [5, 5.41) is 18.1. The normalized spacial score (nSPS) is 9.86. The average molecular weight is 280 g/mol. The zero-order chi connectivity index (χ0) is 15.4. The van der Waals surface area contributed by atoms with Crippen molar-refractivity contribution in [1.29, 1.82) is 10.5 Å². The summed E-state index contributed by atoms with van der Waals surface area (Å²) in [5.41, 5.74) is -0.258. The molecule has 0 saturated heterocycles. The van der Waals surface area contributed by atoms with Gasteiger partial charge in [0, 0.05) is 12.7 Å². The van der Waals surface area contributed by atoms with Gasteiger partial charge in [0.25, 0.3) is 5.56 Å². The molecule has 0 bridgehead atoms. The molecule has 0 amide bonds. The fourth-order valence-corrected chi connectivity index (χ4v) is 2.03. The minimum atomic E-state index is -0.639. The predicted molar refractivity (Wildman–Crippen MR) is 75.6 cm³/mol. The van der Waals surface area contributed by atoms with Crippen molar-refractivity contribution in [3.8, 4) is 12.1 Å². The van der Waals surface area contributed by atoms with Crippen molar-refractivity contribution >= 4 is 0 Å². The molecule has 0 fully saturated rings. The van der Waals surface area contributed by atoms with Crippen LogP contribution in [0.3, 0.4) is 0 Å². The number of hydrogen-bond acceptors (Lipinski definition) is 4. The van der Waals surface area contributed by atoms with E-state index in [0.29, 0.717) is 17.7 Å². The van der Waals surface area contributed by atoms with E-state index in [9.17, 15) is 9.59 Å². The van der Waals surface area contributed by atoms with E-state index in [1.807, 2.05) is 6.07 Å². The molecule has 0 unspecified atom stereocenters. The molecule has 21 heavy (non-hydrogen) atoms. The predicted octanol–water partition coefficient (Wildman–Crippen LogP) is 0.822. The molecular formula is C15H12N4O2. The number of aryl methyl sites for hydroxylation is 1. The fraction of sp³-hybridized carbons (Fsp3) is 0.200. The molecule has 0 aliphatic carbocycles. The number of hydrogen-bond donors (Lipinski definition) is 0. The van der Waals surface area contributed by atoms with Gasteiger partial charge in [0.15, 0.2) is 0 Å². The van der Waals surface area contributed by atoms with E-state index in [4.69, 9.17) is 10.5 Å². The van der Waals surface area contributed by atoms with Crippen LogP contribution >= 0.6 is 0 Å². The number of rotatable bonds is 3. The SMILES string of the molecule is CCn1cc(C#N)c(=O)n(Cc2ccccc2C#N)c1=O. The molecule has 0 radical (unpaired) electrons. The minimum Gasteiger partial charge on any atom is -0.299 e. The molecule has 0 spiro atoms. The van der Waals surface area contributed by atoms with Crippen molar-refractivity contribution in [3.63, 3.8) is 0 Å². The minimum absolute atomic E-state index is 0.0308. The van der Waals surface area contributed by atoms with E-state index >= 15 is 0 Å². The summed E-state index contributed by atoms with van der Waals surface area (Å²) in [6.07, 6.45) is 1.26. The van der Waals surface area contributed by atoms with Crippen LogP contribution in [-0.4, -0.2) is 9.13 Å². The molecule has 1 aromatic carbocycles. The van der Waals surface area contributed by atoms with Gasteiger partial charge in [-0.05, 0) is 18.6 Å². The molecule has 2 rings (SSSR count). The van der Waals surface area contributed by atoms with Crippen molar-refractivity contribution in [3.05, 3.63) is 68.0 Å². The van der Waals surface area contributed by atoms with Gasteiger partial charge in [0.2, 0.25) is 0 Å². The Balaban J connectivity index is 2.66. The number of nitriles is 2. The molecule has 0 N–H and O–H groups in total. The molecule has 0 atom stereocenters. The maximum absolute atomic E-state index is 12.2. The van der Waals surface area contributed by atoms with Crippen molar-refractivity contribution in [2.75, 3.05) is 0 Å². The first kappa shape index (κ1) is 14.3. The molecular weight excluding hydrogens is 268 g/mol. The highest BCUT2D eigenvalue weighted by atomic mass is 16.2. The summed E-state index contributed by atoms with van der Waals surface area (Å²) >= 11 is 0. The zero-order valence-corrected chi connectivity index (χ0v) is 11.4. The molecule has 0 saturated carbocycles. The third kappa shape index (κ3) is 2.60. The Morgan fingerprint density at radius 2 is 1.76 bits per heavy atom. The Kier molecular flexibility index (Phi) is 4.01. The third-order valence-electron chi connectivity index (χ3n) is 3.16. The van der Waals surface area contributed by atoms with Crippen LogP contribution in [0.2, 0.25) is 0 Å². The number of benzene rings is 1. The molecule has 0 aliphatic heterocycles. The van der Waals surface area contributed by atoms with Crippen LogP contribution in [0.4, 0.5) is 0 Å². The maximum Gasteiger partial charge on any atom is 0.331 e. The Morgan fingerprint density at radius 1 is 1.10 bits per heavy atom. The van der Waals surface area contributed by atoms with Gasteiger partial charge in [-0.15, -0.1) is 0 Å². The lowest BCUT2D eigenvalue weighted by molar-refractivity contribution is 0.597. The van der Waals surface area contributed by atoms with Crippen LogP contribution in [0.25, 0.3) is 0 Å². The van der Waals surface area contributed by atoms with E-state index in [1.54, 1.807) is 37.3 Å². The van der Waals surface area contributed by atoms with Gasteiger partial charge in [0.05, 0.1) is 18.2 Å². The Hall–Kier alpha value is -3.12. The number of aromatic nitrogens is 2. The second kappa shape index (κ2) is 5.89. The van der Waals surface area contributed by atoms with Gasteiger partial charge in [-0.1, -0.05) is 18.2 Å². The first-order valence-electron chi connectivity index (χ1n) is 6.34. The maximum atomic E-state index is 12.2. The lowest BCUT2D eigenvalue weighted by Gasteiger charge is -2.10. The Bertz CT molecular complexity index is 878. The third-order valence-corrected chi connectivity index (χ3v) is 3.16. The summed E-state index contributed by atoms with van der Waals surface area (Å²) in [6.45, 7) is 2.07. The van der Waals surface area contributed by atoms with Crippen LogP contribution in [0, 0.1) is 22.7 Å². The van der Waals surface area contributed by atoms with Crippen molar-refractivity contribution < 1.29 is 0 Å². The van der Waals surface area contributed by atoms with Crippen molar-refractivity contribution in [2.24, 2.45) is 0 Å². The smallest absolute Gasteiger partial charge is 0.299 e. The van der Waals surface area contributed by atoms with Crippen molar-refractivity contribution in [1.82, 2.24) is 9.13 Å². The lowest BCUT2D eigenvalue weighted by atomic mass is 10.1. The second-order valence-corrected chi connectivity index (χ2v) is 4.38. The van der Waals surface area contributed by atoms with Crippen molar-refractivity contribution in [2.45, 2.75) is 20.0 Å². The number of nitrogens with zero attached hydrogens (tertiary/aromatic N) is 4. The van der Waals surface area contributed by atoms with Gasteiger partial charge < -0.3 is 0 Å². The Morgan fingerprint density at radius 3 is 2.38 bits per heavy atom. The van der Waals surface area contributed by atoms with Gasteiger partial charge in [-0.3, -0.25) is 13.9 Å². The lowest BCUT2D eigenvalue weighted by Crippen LogP contribution is -2.41. The Labute approximate surface area is 120 Å². The fourth-order valence-electron chi connectivity index (χ4n) is 2.03. The molecule has 1 heterocycles. The van der Waals surface area contributed by atoms with E-state index in [2.05, 4.69) is 0 Å². The topological polar surface area (TPSA) is 91.6 Å². The molecule has 6 heteroatoms. The van der Waals surface area contributed by atoms with Gasteiger partial charge in [0.1, 0.15) is 11.6 Å². The van der Waals surface area contributed by atoms with Gasteiger partial charge in [-0.2, -0.15) is 10.5 Å². The van der Waals surface area contributed by atoms with E-state index in [0.717, 1.165) is 4.57 Å². The summed E-state index contributed by atoms with van der Waals surface area (Å²) in [5.74, 6) is 0. The first-order valence-corrected chi connectivity index (χ1v) is 6.34. The summed E-state index contributed by atoms with van der Waals surface area (Å²) < 4.78 is 2.28. The quantitative estimate of drug-likeness (QED) is 0.832.